The zero-order valence-corrected chi connectivity index (χ0v) is 21.8. The second-order valence-electron chi connectivity index (χ2n) is 8.86. The molecule has 0 radical (unpaired) electrons. The number of hydroxylamine groups is 2. The molecule has 0 atom stereocenters. The smallest absolute Gasteiger partial charge is 0.357 e. The number of rotatable bonds is 13. The number of benzene rings is 3. The fraction of sp³-hybridized carbons (Fsp3) is 0.323. The summed E-state index contributed by atoms with van der Waals surface area (Å²) in [4.78, 5) is 46.5. The Kier molecular flexibility index (Phi) is 10.2. The molecule has 0 spiro atoms. The summed E-state index contributed by atoms with van der Waals surface area (Å²) in [6.07, 6.45) is 4.19. The lowest BCUT2D eigenvalue weighted by molar-refractivity contribution is -0.103. The molecule has 0 unspecified atom stereocenters. The van der Waals surface area contributed by atoms with Gasteiger partial charge < -0.3 is 9.94 Å². The largest absolute Gasteiger partial charge is 0.507 e. The van der Waals surface area contributed by atoms with Crippen LogP contribution in [0.3, 0.4) is 0 Å². The summed E-state index contributed by atoms with van der Waals surface area (Å²) in [5.74, 6) is -1.55. The monoisotopic (exact) mass is 501 g/mol. The van der Waals surface area contributed by atoms with Gasteiger partial charge in [0.2, 0.25) is 0 Å². The highest BCUT2D eigenvalue weighted by molar-refractivity contribution is 6.21. The Morgan fingerprint density at radius 1 is 0.730 bits per heavy atom. The van der Waals surface area contributed by atoms with E-state index in [9.17, 15) is 19.5 Å². The number of hydrogen-bond acceptors (Lipinski definition) is 6. The zero-order chi connectivity index (χ0) is 26.8. The Bertz CT molecular complexity index is 1230. The van der Waals surface area contributed by atoms with E-state index in [2.05, 4.69) is 6.92 Å². The van der Waals surface area contributed by atoms with Crippen molar-refractivity contribution in [3.8, 4) is 5.75 Å². The maximum absolute atomic E-state index is 13.9. The number of unbranched alkanes of at least 4 members (excludes halogenated alkanes) is 3. The molecule has 3 aromatic carbocycles. The lowest BCUT2D eigenvalue weighted by Gasteiger charge is -2.21. The second-order valence-corrected chi connectivity index (χ2v) is 8.86. The van der Waals surface area contributed by atoms with Crippen LogP contribution >= 0.6 is 0 Å². The molecule has 0 heterocycles. The minimum Gasteiger partial charge on any atom is -0.507 e. The van der Waals surface area contributed by atoms with Crippen LogP contribution in [0.1, 0.15) is 94.2 Å². The van der Waals surface area contributed by atoms with Crippen LogP contribution in [0, 0.1) is 0 Å². The van der Waals surface area contributed by atoms with E-state index >= 15 is 0 Å². The Hall–Kier alpha value is -3.77. The molecule has 37 heavy (non-hydrogen) atoms. The first-order valence-electron chi connectivity index (χ1n) is 13.0. The van der Waals surface area contributed by atoms with Crippen molar-refractivity contribution < 1.29 is 24.3 Å². The lowest BCUT2D eigenvalue weighted by Crippen LogP contribution is -2.28. The quantitative estimate of drug-likeness (QED) is 0.166. The Balaban J connectivity index is 2.23. The fourth-order valence-electron chi connectivity index (χ4n) is 4.34. The molecule has 1 N–H and O–H groups in total. The number of carbonyl (C=O) groups is 3. The zero-order valence-electron chi connectivity index (χ0n) is 21.8. The summed E-state index contributed by atoms with van der Waals surface area (Å²) in [5.41, 5.74) is 1.63. The molecule has 6 nitrogen and oxygen atoms in total. The molecule has 0 amide bonds. The van der Waals surface area contributed by atoms with Crippen LogP contribution in [0.15, 0.2) is 66.7 Å². The average Bonchev–Trinajstić information content (AvgIpc) is 2.93. The van der Waals surface area contributed by atoms with Gasteiger partial charge >= 0.3 is 5.97 Å². The van der Waals surface area contributed by atoms with Gasteiger partial charge in [-0.05, 0) is 56.5 Å². The van der Waals surface area contributed by atoms with Crippen molar-refractivity contribution in [2.24, 2.45) is 0 Å². The maximum Gasteiger partial charge on any atom is 0.357 e. The third-order valence-corrected chi connectivity index (χ3v) is 6.39. The van der Waals surface area contributed by atoms with E-state index < -0.39 is 11.8 Å². The van der Waals surface area contributed by atoms with Crippen molar-refractivity contribution in [1.29, 1.82) is 0 Å². The first-order valence-corrected chi connectivity index (χ1v) is 13.0. The first kappa shape index (κ1) is 27.8. The van der Waals surface area contributed by atoms with Gasteiger partial charge in [0.25, 0.3) is 0 Å². The second kappa shape index (κ2) is 13.5. The molecule has 0 aliphatic rings. The molecule has 3 rings (SSSR count). The third kappa shape index (κ3) is 6.71. The van der Waals surface area contributed by atoms with Crippen LogP contribution in [-0.4, -0.2) is 40.8 Å². The van der Waals surface area contributed by atoms with Crippen LogP contribution in [0.25, 0.3) is 0 Å². The summed E-state index contributed by atoms with van der Waals surface area (Å²) >= 11 is 0. The first-order chi connectivity index (χ1) is 17.9. The van der Waals surface area contributed by atoms with Crippen LogP contribution < -0.4 is 0 Å². The van der Waals surface area contributed by atoms with Crippen molar-refractivity contribution in [3.05, 3.63) is 100 Å². The molecule has 6 heteroatoms. The number of para-hydroxylation sites is 1. The van der Waals surface area contributed by atoms with E-state index in [-0.39, 0.29) is 33.8 Å². The van der Waals surface area contributed by atoms with Crippen molar-refractivity contribution >= 4 is 17.5 Å². The Labute approximate surface area is 218 Å². The molecule has 0 saturated heterocycles. The number of phenolic OH excluding ortho intramolecular Hbond substituents is 1. The van der Waals surface area contributed by atoms with Crippen molar-refractivity contribution in [2.45, 2.75) is 52.9 Å². The predicted octanol–water partition coefficient (Wildman–Crippen LogP) is 6.39. The molecule has 3 aromatic rings. The van der Waals surface area contributed by atoms with Gasteiger partial charge in [0.05, 0.1) is 11.1 Å². The molecule has 0 fully saturated rings. The summed E-state index contributed by atoms with van der Waals surface area (Å²) in [6.45, 7) is 6.94. The number of aromatic hydroxyl groups is 1. The van der Waals surface area contributed by atoms with Crippen molar-refractivity contribution in [3.63, 3.8) is 0 Å². The minimum atomic E-state index is -0.558. The molecule has 0 bridgehead atoms. The van der Waals surface area contributed by atoms with E-state index in [1.807, 2.05) is 19.9 Å². The van der Waals surface area contributed by atoms with Gasteiger partial charge in [0.15, 0.2) is 11.6 Å². The van der Waals surface area contributed by atoms with Crippen LogP contribution in [0.2, 0.25) is 0 Å². The van der Waals surface area contributed by atoms with E-state index in [4.69, 9.17) is 4.84 Å². The van der Waals surface area contributed by atoms with E-state index in [0.29, 0.717) is 30.6 Å². The number of nitrogens with zero attached hydrogens (tertiary/aromatic N) is 1. The molecule has 194 valence electrons. The summed E-state index contributed by atoms with van der Waals surface area (Å²) in [7, 11) is 0. The van der Waals surface area contributed by atoms with E-state index in [1.54, 1.807) is 47.5 Å². The highest BCUT2D eigenvalue weighted by Crippen LogP contribution is 2.30. The summed E-state index contributed by atoms with van der Waals surface area (Å²) < 4.78 is 0. The molecule has 0 saturated carbocycles. The highest BCUT2D eigenvalue weighted by atomic mass is 16.7. The molecule has 0 aliphatic heterocycles. The molecular weight excluding hydrogens is 466 g/mol. The van der Waals surface area contributed by atoms with Crippen LogP contribution in [-0.2, 0) is 11.3 Å². The van der Waals surface area contributed by atoms with Crippen LogP contribution in [0.4, 0.5) is 0 Å². The standard InChI is InChI=1S/C31H35NO5/c1-4-7-8-12-17-23-24(31(36)37-32(5-2)6-3)20-21-26(30(35)25-18-13-14-19-27(25)33)28(23)29(34)22-15-10-9-11-16-22/h9-11,13-16,18-21,33H,4-8,12,17H2,1-3H3. The Morgan fingerprint density at radius 3 is 2.03 bits per heavy atom. The van der Waals surface area contributed by atoms with Gasteiger partial charge in [0.1, 0.15) is 5.75 Å². The lowest BCUT2D eigenvalue weighted by atomic mass is 9.85. The fourth-order valence-corrected chi connectivity index (χ4v) is 4.34. The number of ketones is 2. The summed E-state index contributed by atoms with van der Waals surface area (Å²) in [6, 6.07) is 18.0. The van der Waals surface area contributed by atoms with E-state index in [1.165, 1.54) is 18.2 Å². The van der Waals surface area contributed by atoms with Gasteiger partial charge in [-0.25, -0.2) is 4.79 Å². The van der Waals surface area contributed by atoms with Crippen molar-refractivity contribution in [2.75, 3.05) is 13.1 Å². The SMILES string of the molecule is CCCCCCc1c(C(=O)ON(CC)CC)ccc(C(=O)c2ccccc2O)c1C(=O)c1ccccc1. The average molecular weight is 502 g/mol. The van der Waals surface area contributed by atoms with Crippen molar-refractivity contribution in [1.82, 2.24) is 5.06 Å². The Morgan fingerprint density at radius 2 is 1.38 bits per heavy atom. The minimum absolute atomic E-state index is 0.0972. The third-order valence-electron chi connectivity index (χ3n) is 6.39. The number of carbonyl (C=O) groups excluding carboxylic acids is 3. The molecular formula is C31H35NO5. The van der Waals surface area contributed by atoms with E-state index in [0.717, 1.165) is 25.7 Å². The summed E-state index contributed by atoms with van der Waals surface area (Å²) in [5, 5.41) is 11.9. The van der Waals surface area contributed by atoms with Gasteiger partial charge in [-0.1, -0.05) is 68.7 Å². The highest BCUT2D eigenvalue weighted by Gasteiger charge is 2.28. The molecule has 0 aromatic heterocycles. The maximum atomic E-state index is 13.9. The van der Waals surface area contributed by atoms with Gasteiger partial charge in [-0.2, -0.15) is 0 Å². The number of phenols is 1. The van der Waals surface area contributed by atoms with Gasteiger partial charge in [-0.3, -0.25) is 9.59 Å². The normalized spacial score (nSPS) is 10.9. The topological polar surface area (TPSA) is 83.9 Å². The van der Waals surface area contributed by atoms with Crippen LogP contribution in [0.5, 0.6) is 5.75 Å². The van der Waals surface area contributed by atoms with Gasteiger partial charge in [0, 0.05) is 29.8 Å². The van der Waals surface area contributed by atoms with Gasteiger partial charge in [-0.15, -0.1) is 5.06 Å². The number of hydrogen-bond donors (Lipinski definition) is 1. The molecule has 0 aliphatic carbocycles. The predicted molar refractivity (Wildman–Crippen MR) is 144 cm³/mol.